The van der Waals surface area contributed by atoms with Crippen LogP contribution in [0.2, 0.25) is 0 Å². The van der Waals surface area contributed by atoms with E-state index >= 15 is 0 Å². The van der Waals surface area contributed by atoms with Gasteiger partial charge in [0.05, 0.1) is 9.90 Å². The van der Waals surface area contributed by atoms with Crippen molar-refractivity contribution in [2.45, 2.75) is 4.21 Å². The largest absolute Gasteiger partial charge is 0.396 e. The van der Waals surface area contributed by atoms with Crippen LogP contribution in [0, 0.1) is 22.7 Å². The molecular formula is C7H5N3S2. The zero-order valence-electron chi connectivity index (χ0n) is 6.29. The van der Waals surface area contributed by atoms with Gasteiger partial charge in [-0.25, -0.2) is 0 Å². The van der Waals surface area contributed by atoms with Gasteiger partial charge in [0, 0.05) is 0 Å². The molecule has 0 radical (unpaired) electrons. The van der Waals surface area contributed by atoms with E-state index in [0.29, 0.717) is 16.1 Å². The third kappa shape index (κ3) is 1.25. The van der Waals surface area contributed by atoms with Crippen LogP contribution in [-0.4, -0.2) is 6.26 Å². The van der Waals surface area contributed by atoms with Gasteiger partial charge in [0.15, 0.2) is 0 Å². The molecule has 1 rings (SSSR count). The molecule has 1 aromatic heterocycles. The van der Waals surface area contributed by atoms with Gasteiger partial charge in [-0.15, -0.1) is 23.1 Å². The summed E-state index contributed by atoms with van der Waals surface area (Å²) in [5.74, 6) is 0. The Balaban J connectivity index is 3.37. The van der Waals surface area contributed by atoms with Crippen molar-refractivity contribution in [3.05, 3.63) is 10.4 Å². The molecule has 0 fully saturated rings. The molecule has 0 bridgehead atoms. The summed E-state index contributed by atoms with van der Waals surface area (Å²) in [6.07, 6.45) is 1.85. The van der Waals surface area contributed by atoms with Crippen LogP contribution >= 0.6 is 23.1 Å². The van der Waals surface area contributed by atoms with Gasteiger partial charge in [-0.2, -0.15) is 10.5 Å². The van der Waals surface area contributed by atoms with E-state index in [1.54, 1.807) is 0 Å². The molecule has 2 N–H and O–H groups in total. The summed E-state index contributed by atoms with van der Waals surface area (Å²) < 4.78 is 0.812. The minimum absolute atomic E-state index is 0.314. The molecule has 0 saturated heterocycles. The highest BCUT2D eigenvalue weighted by Gasteiger charge is 2.14. The number of thiophene rings is 1. The first-order chi connectivity index (χ1) is 5.74. The van der Waals surface area contributed by atoms with Crippen LogP contribution in [0.1, 0.15) is 10.4 Å². The number of nitrogens with zero attached hydrogens (tertiary/aromatic N) is 2. The molecule has 1 heterocycles. The predicted molar refractivity (Wildman–Crippen MR) is 49.9 cm³/mol. The van der Waals surface area contributed by atoms with Crippen LogP contribution in [0.4, 0.5) is 5.69 Å². The quantitative estimate of drug-likeness (QED) is 0.693. The second kappa shape index (κ2) is 3.48. The van der Waals surface area contributed by atoms with Crippen LogP contribution in [0.3, 0.4) is 0 Å². The zero-order valence-corrected chi connectivity index (χ0v) is 7.92. The molecule has 0 unspecified atom stereocenters. The first-order valence-electron chi connectivity index (χ1n) is 3.01. The molecule has 12 heavy (non-hydrogen) atoms. The van der Waals surface area contributed by atoms with Gasteiger partial charge in [0.2, 0.25) is 0 Å². The fourth-order valence-electron chi connectivity index (χ4n) is 0.755. The topological polar surface area (TPSA) is 73.6 Å². The van der Waals surface area contributed by atoms with Crippen molar-refractivity contribution in [2.24, 2.45) is 0 Å². The fourth-order valence-corrected chi connectivity index (χ4v) is 2.40. The monoisotopic (exact) mass is 195 g/mol. The van der Waals surface area contributed by atoms with E-state index in [0.717, 1.165) is 4.21 Å². The van der Waals surface area contributed by atoms with Crippen LogP contribution < -0.4 is 5.73 Å². The van der Waals surface area contributed by atoms with Crippen LogP contribution in [0.25, 0.3) is 0 Å². The van der Waals surface area contributed by atoms with E-state index in [9.17, 15) is 0 Å². The number of nitriles is 2. The van der Waals surface area contributed by atoms with Gasteiger partial charge in [-0.05, 0) is 6.26 Å². The summed E-state index contributed by atoms with van der Waals surface area (Å²) in [5.41, 5.74) is 6.30. The minimum Gasteiger partial charge on any atom is -0.396 e. The Morgan fingerprint density at radius 2 is 2.08 bits per heavy atom. The summed E-state index contributed by atoms with van der Waals surface area (Å²) in [7, 11) is 0. The first-order valence-corrected chi connectivity index (χ1v) is 5.05. The highest BCUT2D eigenvalue weighted by atomic mass is 32.2. The van der Waals surface area contributed by atoms with Crippen molar-refractivity contribution in [2.75, 3.05) is 12.0 Å². The summed E-state index contributed by atoms with van der Waals surface area (Å²) >= 11 is 2.70. The zero-order chi connectivity index (χ0) is 9.14. The molecule has 3 nitrogen and oxygen atoms in total. The lowest BCUT2D eigenvalue weighted by Gasteiger charge is -1.88. The third-order valence-corrected chi connectivity index (χ3v) is 3.54. The molecule has 0 aliphatic heterocycles. The molecular weight excluding hydrogens is 190 g/mol. The molecule has 1 aromatic rings. The number of thioether (sulfide) groups is 1. The Hall–Kier alpha value is -1.17. The number of anilines is 1. The molecule has 0 spiro atoms. The smallest absolute Gasteiger partial charge is 0.130 e. The number of rotatable bonds is 1. The van der Waals surface area contributed by atoms with Gasteiger partial charge in [-0.3, -0.25) is 0 Å². The summed E-state index contributed by atoms with van der Waals surface area (Å²) in [5, 5.41) is 17.3. The van der Waals surface area contributed by atoms with Crippen LogP contribution in [0.5, 0.6) is 0 Å². The van der Waals surface area contributed by atoms with E-state index in [4.69, 9.17) is 16.3 Å². The van der Waals surface area contributed by atoms with Crippen molar-refractivity contribution in [3.8, 4) is 12.1 Å². The van der Waals surface area contributed by atoms with Crippen molar-refractivity contribution >= 4 is 28.8 Å². The highest BCUT2D eigenvalue weighted by molar-refractivity contribution is 8.00. The SMILES string of the molecule is CSc1sc(C#N)c(N)c1C#N. The molecule has 0 amide bonds. The van der Waals surface area contributed by atoms with Gasteiger partial charge < -0.3 is 5.73 Å². The summed E-state index contributed by atoms with van der Waals surface area (Å²) in [6.45, 7) is 0. The number of hydrogen-bond acceptors (Lipinski definition) is 5. The van der Waals surface area contributed by atoms with Crippen LogP contribution in [0.15, 0.2) is 4.21 Å². The molecule has 0 aliphatic rings. The molecule has 60 valence electrons. The highest BCUT2D eigenvalue weighted by Crippen LogP contribution is 2.35. The predicted octanol–water partition coefficient (Wildman–Crippen LogP) is 1.80. The Labute approximate surface area is 78.4 Å². The van der Waals surface area contributed by atoms with E-state index in [2.05, 4.69) is 0 Å². The van der Waals surface area contributed by atoms with Gasteiger partial charge >= 0.3 is 0 Å². The second-order valence-electron chi connectivity index (χ2n) is 1.94. The van der Waals surface area contributed by atoms with Crippen molar-refractivity contribution in [1.82, 2.24) is 0 Å². The standard InChI is InChI=1S/C7H5N3S2/c1-11-7-4(2-8)6(10)5(3-9)12-7/h10H2,1H3. The Morgan fingerprint density at radius 3 is 2.42 bits per heavy atom. The minimum atomic E-state index is 0.314. The van der Waals surface area contributed by atoms with E-state index in [1.807, 2.05) is 18.4 Å². The van der Waals surface area contributed by atoms with Crippen molar-refractivity contribution < 1.29 is 0 Å². The number of nitrogens with two attached hydrogens (primary N) is 1. The lowest BCUT2D eigenvalue weighted by molar-refractivity contribution is 1.46. The lowest BCUT2D eigenvalue weighted by atomic mass is 10.3. The van der Waals surface area contributed by atoms with Gasteiger partial charge in [0.1, 0.15) is 22.6 Å². The molecule has 5 heteroatoms. The lowest BCUT2D eigenvalue weighted by Crippen LogP contribution is -1.87. The Bertz CT molecular complexity index is 381. The number of nitrogen functional groups attached to an aromatic ring is 1. The average molecular weight is 195 g/mol. The van der Waals surface area contributed by atoms with Gasteiger partial charge in [0.25, 0.3) is 0 Å². The molecule has 0 aromatic carbocycles. The maximum Gasteiger partial charge on any atom is 0.130 e. The van der Waals surface area contributed by atoms with E-state index < -0.39 is 0 Å². The van der Waals surface area contributed by atoms with Crippen molar-refractivity contribution in [3.63, 3.8) is 0 Å². The number of hydrogen-bond donors (Lipinski definition) is 1. The van der Waals surface area contributed by atoms with Crippen molar-refractivity contribution in [1.29, 1.82) is 10.5 Å². The summed E-state index contributed by atoms with van der Waals surface area (Å²) in [6, 6.07) is 3.94. The molecule has 0 atom stereocenters. The van der Waals surface area contributed by atoms with Crippen LogP contribution in [-0.2, 0) is 0 Å². The van der Waals surface area contributed by atoms with E-state index in [1.165, 1.54) is 23.1 Å². The normalized spacial score (nSPS) is 8.92. The Morgan fingerprint density at radius 1 is 1.42 bits per heavy atom. The molecule has 0 aliphatic carbocycles. The third-order valence-electron chi connectivity index (χ3n) is 1.31. The average Bonchev–Trinajstić information content (AvgIpc) is 2.41. The first kappa shape index (κ1) is 8.92. The second-order valence-corrected chi connectivity index (χ2v) is 4.03. The summed E-state index contributed by atoms with van der Waals surface area (Å²) in [4.78, 5) is 0.427. The Kier molecular flexibility index (Phi) is 2.59. The maximum absolute atomic E-state index is 8.69. The van der Waals surface area contributed by atoms with Gasteiger partial charge in [-0.1, -0.05) is 0 Å². The van der Waals surface area contributed by atoms with E-state index in [-0.39, 0.29) is 0 Å². The maximum atomic E-state index is 8.69. The molecule has 0 saturated carbocycles. The fraction of sp³-hybridized carbons (Fsp3) is 0.143.